The Kier molecular flexibility index (Phi) is 4.83. The normalized spacial score (nSPS) is 20.3. The highest BCUT2D eigenvalue weighted by Gasteiger charge is 2.35. The van der Waals surface area contributed by atoms with Gasteiger partial charge in [-0.05, 0) is 43.1 Å². The molecule has 11 heteroatoms. The number of hydrogen-bond acceptors (Lipinski definition) is 6. The molecule has 0 N–H and O–H groups in total. The molecule has 2 aromatic heterocycles. The fourth-order valence-corrected chi connectivity index (χ4v) is 3.96. The Labute approximate surface area is 166 Å². The maximum absolute atomic E-state index is 13.1. The van der Waals surface area contributed by atoms with Crippen molar-refractivity contribution in [3.63, 3.8) is 0 Å². The summed E-state index contributed by atoms with van der Waals surface area (Å²) in [5, 5.41) is 0.612. The van der Waals surface area contributed by atoms with Crippen LogP contribution in [0, 0.1) is 0 Å². The SMILES string of the molecule is CC1CCOC(c2nsc3ccc(-n4c(=O)cc(C(F)(F)F)n(C)c4=O)cc23)O1. The molecule has 1 aliphatic rings. The second-order valence-electron chi connectivity index (χ2n) is 6.73. The molecular weight excluding hydrogens is 411 g/mol. The van der Waals surface area contributed by atoms with Gasteiger partial charge in [0.25, 0.3) is 5.56 Å². The third-order valence-corrected chi connectivity index (χ3v) is 5.56. The van der Waals surface area contributed by atoms with Crippen molar-refractivity contribution in [1.82, 2.24) is 13.5 Å². The Morgan fingerprint density at radius 2 is 2.00 bits per heavy atom. The molecule has 154 valence electrons. The molecular formula is C18H16F3N3O4S. The summed E-state index contributed by atoms with van der Waals surface area (Å²) in [6, 6.07) is 5.09. The lowest BCUT2D eigenvalue weighted by Gasteiger charge is -2.27. The number of rotatable bonds is 2. The molecule has 0 bridgehead atoms. The van der Waals surface area contributed by atoms with E-state index in [1.54, 1.807) is 6.07 Å². The molecule has 2 atom stereocenters. The van der Waals surface area contributed by atoms with Gasteiger partial charge in [0.1, 0.15) is 11.4 Å². The summed E-state index contributed by atoms with van der Waals surface area (Å²) in [6.07, 6.45) is -4.76. The Morgan fingerprint density at radius 1 is 1.24 bits per heavy atom. The molecule has 1 aromatic carbocycles. The van der Waals surface area contributed by atoms with E-state index in [2.05, 4.69) is 4.37 Å². The van der Waals surface area contributed by atoms with Gasteiger partial charge in [0.15, 0.2) is 0 Å². The monoisotopic (exact) mass is 427 g/mol. The Morgan fingerprint density at radius 3 is 2.69 bits per heavy atom. The first-order chi connectivity index (χ1) is 13.7. The zero-order valence-electron chi connectivity index (χ0n) is 15.4. The average molecular weight is 427 g/mol. The van der Waals surface area contributed by atoms with Gasteiger partial charge in [-0.3, -0.25) is 9.36 Å². The second-order valence-corrected chi connectivity index (χ2v) is 7.53. The van der Waals surface area contributed by atoms with Gasteiger partial charge in [0.05, 0.1) is 23.1 Å². The molecule has 0 aliphatic carbocycles. The Bertz CT molecular complexity index is 1200. The van der Waals surface area contributed by atoms with Crippen molar-refractivity contribution < 1.29 is 22.6 Å². The molecule has 29 heavy (non-hydrogen) atoms. The van der Waals surface area contributed by atoms with Crippen LogP contribution in [0.4, 0.5) is 13.2 Å². The lowest BCUT2D eigenvalue weighted by molar-refractivity contribution is -0.213. The first-order valence-electron chi connectivity index (χ1n) is 8.74. The number of benzene rings is 1. The van der Waals surface area contributed by atoms with E-state index in [1.807, 2.05) is 6.92 Å². The number of ether oxygens (including phenoxy) is 2. The van der Waals surface area contributed by atoms with Crippen molar-refractivity contribution in [3.05, 3.63) is 56.5 Å². The van der Waals surface area contributed by atoms with Crippen molar-refractivity contribution in [1.29, 1.82) is 0 Å². The van der Waals surface area contributed by atoms with Gasteiger partial charge in [0.2, 0.25) is 6.29 Å². The first kappa shape index (κ1) is 19.8. The van der Waals surface area contributed by atoms with E-state index in [1.165, 1.54) is 23.7 Å². The van der Waals surface area contributed by atoms with E-state index in [4.69, 9.17) is 9.47 Å². The quantitative estimate of drug-likeness (QED) is 0.629. The van der Waals surface area contributed by atoms with Crippen molar-refractivity contribution in [3.8, 4) is 5.69 Å². The van der Waals surface area contributed by atoms with Crippen LogP contribution < -0.4 is 11.2 Å². The fraction of sp³-hybridized carbons (Fsp3) is 0.389. The van der Waals surface area contributed by atoms with Gasteiger partial charge in [-0.2, -0.15) is 17.5 Å². The smallest absolute Gasteiger partial charge is 0.347 e. The van der Waals surface area contributed by atoms with Crippen molar-refractivity contribution in [2.24, 2.45) is 7.05 Å². The number of hydrogen-bond donors (Lipinski definition) is 0. The van der Waals surface area contributed by atoms with Crippen LogP contribution in [-0.2, 0) is 22.7 Å². The zero-order chi connectivity index (χ0) is 20.9. The van der Waals surface area contributed by atoms with Gasteiger partial charge in [-0.1, -0.05) is 0 Å². The summed E-state index contributed by atoms with van der Waals surface area (Å²) in [7, 11) is 0.975. The zero-order valence-corrected chi connectivity index (χ0v) is 16.2. The highest BCUT2D eigenvalue weighted by atomic mass is 32.1. The molecule has 0 radical (unpaired) electrons. The molecule has 3 aromatic rings. The lowest BCUT2D eigenvalue weighted by Crippen LogP contribution is -2.40. The van der Waals surface area contributed by atoms with Crippen LogP contribution in [0.3, 0.4) is 0 Å². The van der Waals surface area contributed by atoms with Gasteiger partial charge in [-0.15, -0.1) is 0 Å². The average Bonchev–Trinajstić information content (AvgIpc) is 3.07. The summed E-state index contributed by atoms with van der Waals surface area (Å²) in [4.78, 5) is 24.9. The fourth-order valence-electron chi connectivity index (χ4n) is 3.19. The molecule has 0 amide bonds. The second kappa shape index (κ2) is 7.08. The van der Waals surface area contributed by atoms with Crippen molar-refractivity contribution in [2.45, 2.75) is 31.9 Å². The summed E-state index contributed by atoms with van der Waals surface area (Å²) in [5.74, 6) is 0. The number of nitrogens with zero attached hydrogens (tertiary/aromatic N) is 3. The van der Waals surface area contributed by atoms with Crippen LogP contribution in [0.5, 0.6) is 0 Å². The summed E-state index contributed by atoms with van der Waals surface area (Å²) < 4.78 is 56.8. The van der Waals surface area contributed by atoms with Crippen LogP contribution in [0.2, 0.25) is 0 Å². The predicted octanol–water partition coefficient (Wildman–Crippen LogP) is 2.99. The minimum absolute atomic E-state index is 0.0153. The third-order valence-electron chi connectivity index (χ3n) is 4.72. The summed E-state index contributed by atoms with van der Waals surface area (Å²) >= 11 is 1.20. The van der Waals surface area contributed by atoms with Gasteiger partial charge in [0, 0.05) is 18.5 Å². The van der Waals surface area contributed by atoms with Crippen LogP contribution in [0.25, 0.3) is 15.8 Å². The van der Waals surface area contributed by atoms with E-state index in [0.717, 1.165) is 18.2 Å². The third kappa shape index (κ3) is 3.49. The van der Waals surface area contributed by atoms with Gasteiger partial charge in [-0.25, -0.2) is 9.36 Å². The maximum atomic E-state index is 13.1. The van der Waals surface area contributed by atoms with Crippen molar-refractivity contribution >= 4 is 21.6 Å². The number of halogens is 3. The summed E-state index contributed by atoms with van der Waals surface area (Å²) in [6.45, 7) is 2.42. The number of fused-ring (bicyclic) bond motifs is 1. The molecule has 1 aliphatic heterocycles. The molecule has 2 unspecified atom stereocenters. The van der Waals surface area contributed by atoms with E-state index >= 15 is 0 Å². The predicted molar refractivity (Wildman–Crippen MR) is 99.3 cm³/mol. The number of aromatic nitrogens is 3. The van der Waals surface area contributed by atoms with Crippen LogP contribution in [0.15, 0.2) is 33.9 Å². The van der Waals surface area contributed by atoms with Gasteiger partial charge >= 0.3 is 11.9 Å². The molecule has 0 spiro atoms. The molecule has 0 saturated carbocycles. The lowest BCUT2D eigenvalue weighted by atomic mass is 10.1. The topological polar surface area (TPSA) is 75.4 Å². The largest absolute Gasteiger partial charge is 0.431 e. The Hall–Kier alpha value is -2.50. The van der Waals surface area contributed by atoms with Crippen molar-refractivity contribution in [2.75, 3.05) is 6.61 Å². The summed E-state index contributed by atoms with van der Waals surface area (Å²) in [5.41, 5.74) is -2.81. The number of alkyl halides is 3. The van der Waals surface area contributed by atoms with Crippen LogP contribution in [-0.4, -0.2) is 26.2 Å². The highest BCUT2D eigenvalue weighted by Crippen LogP contribution is 2.34. The minimum Gasteiger partial charge on any atom is -0.347 e. The maximum Gasteiger partial charge on any atom is 0.431 e. The first-order valence-corrected chi connectivity index (χ1v) is 9.51. The Balaban J connectivity index is 1.86. The van der Waals surface area contributed by atoms with E-state index in [9.17, 15) is 22.8 Å². The highest BCUT2D eigenvalue weighted by molar-refractivity contribution is 7.13. The molecule has 7 nitrogen and oxygen atoms in total. The van der Waals surface area contributed by atoms with E-state index in [-0.39, 0.29) is 11.8 Å². The molecule has 3 heterocycles. The van der Waals surface area contributed by atoms with E-state index < -0.39 is 29.4 Å². The minimum atomic E-state index is -4.81. The van der Waals surface area contributed by atoms with Crippen LogP contribution in [0.1, 0.15) is 31.0 Å². The standard InChI is InChI=1S/C18H16F3N3O4S/c1-9-5-6-27-16(28-9)15-11-7-10(3-4-12(11)29-22-15)24-14(25)8-13(18(19,20)21)23(2)17(24)26/h3-4,7-9,16H,5-6H2,1-2H3. The molecule has 1 fully saturated rings. The van der Waals surface area contributed by atoms with Gasteiger partial charge < -0.3 is 9.47 Å². The molecule has 1 saturated heterocycles. The van der Waals surface area contributed by atoms with Crippen LogP contribution >= 0.6 is 11.5 Å². The molecule has 4 rings (SSSR count). The van der Waals surface area contributed by atoms with E-state index in [0.29, 0.717) is 32.9 Å².